The number of aryl methyl sites for hydroxylation is 2. The predicted octanol–water partition coefficient (Wildman–Crippen LogP) is 4.53. The Morgan fingerprint density at radius 3 is 2.64 bits per heavy atom. The van der Waals surface area contributed by atoms with E-state index in [1.807, 2.05) is 6.92 Å². The van der Waals surface area contributed by atoms with Gasteiger partial charge in [0.05, 0.1) is 23.9 Å². The van der Waals surface area contributed by atoms with Crippen LogP contribution in [0.3, 0.4) is 0 Å². The zero-order valence-electron chi connectivity index (χ0n) is 17.2. The first-order valence-corrected chi connectivity index (χ1v) is 10.3. The number of halogens is 1. The Balaban J connectivity index is 1.68. The van der Waals surface area contributed by atoms with Gasteiger partial charge in [-0.25, -0.2) is 4.68 Å². The minimum atomic E-state index is -0.179. The van der Waals surface area contributed by atoms with Crippen molar-refractivity contribution in [3.8, 4) is 0 Å². The van der Waals surface area contributed by atoms with E-state index in [0.29, 0.717) is 29.5 Å². The molecule has 1 aliphatic rings. The summed E-state index contributed by atoms with van der Waals surface area (Å²) in [5.41, 5.74) is 3.26. The smallest absolute Gasteiger partial charge is 0.256 e. The number of hydrogen-bond donors (Lipinski definition) is 1. The summed E-state index contributed by atoms with van der Waals surface area (Å²) in [7, 11) is 0. The van der Waals surface area contributed by atoms with E-state index >= 15 is 0 Å². The highest BCUT2D eigenvalue weighted by atomic mass is 35.5. The third-order valence-corrected chi connectivity index (χ3v) is 5.89. The largest absolute Gasteiger partial charge is 0.378 e. The number of benzene rings is 1. The minimum Gasteiger partial charge on any atom is -0.378 e. The van der Waals surface area contributed by atoms with Crippen molar-refractivity contribution in [2.24, 2.45) is 5.41 Å². The van der Waals surface area contributed by atoms with Crippen molar-refractivity contribution < 1.29 is 9.53 Å². The number of aromatic nitrogens is 2. The lowest BCUT2D eigenvalue weighted by Gasteiger charge is -2.36. The molecule has 1 N–H and O–H groups in total. The Hall–Kier alpha value is -1.85. The standard InChI is InChI=1S/C22H30ClN3O2/c1-15-8-10-17(11-9-15)13-26-20(23)19(16(2)25-26)21(27)24-14-22(3,4)18-7-5-6-12-28-18/h8-11,18H,5-7,12-14H2,1-4H3,(H,24,27)/t18-/m1/s1. The normalized spacial score (nSPS) is 17.5. The molecule has 2 heterocycles. The van der Waals surface area contributed by atoms with Crippen LogP contribution >= 0.6 is 11.6 Å². The molecule has 2 aromatic rings. The second-order valence-electron chi connectivity index (χ2n) is 8.42. The van der Waals surface area contributed by atoms with Gasteiger partial charge in [-0.1, -0.05) is 55.3 Å². The second-order valence-corrected chi connectivity index (χ2v) is 8.78. The van der Waals surface area contributed by atoms with Crippen LogP contribution in [0.2, 0.25) is 5.15 Å². The summed E-state index contributed by atoms with van der Waals surface area (Å²) in [6, 6.07) is 8.22. The van der Waals surface area contributed by atoms with Gasteiger partial charge >= 0.3 is 0 Å². The van der Waals surface area contributed by atoms with Crippen LogP contribution in [0, 0.1) is 19.3 Å². The molecule has 3 rings (SSSR count). The molecule has 1 atom stereocenters. The summed E-state index contributed by atoms with van der Waals surface area (Å²) in [6.07, 6.45) is 3.51. The quantitative estimate of drug-likeness (QED) is 0.771. The van der Waals surface area contributed by atoms with Crippen LogP contribution in [0.5, 0.6) is 0 Å². The number of ether oxygens (including phenoxy) is 1. The Morgan fingerprint density at radius 1 is 1.29 bits per heavy atom. The molecule has 0 saturated carbocycles. The van der Waals surface area contributed by atoms with Crippen LogP contribution in [0.4, 0.5) is 0 Å². The number of carbonyl (C=O) groups excluding carboxylic acids is 1. The monoisotopic (exact) mass is 403 g/mol. The van der Waals surface area contributed by atoms with Crippen LogP contribution in [-0.2, 0) is 11.3 Å². The minimum absolute atomic E-state index is 0.131. The summed E-state index contributed by atoms with van der Waals surface area (Å²) in [5, 5.41) is 7.91. The van der Waals surface area contributed by atoms with E-state index in [1.54, 1.807) is 4.68 Å². The zero-order chi connectivity index (χ0) is 20.3. The summed E-state index contributed by atoms with van der Waals surface area (Å²) in [4.78, 5) is 12.8. The van der Waals surface area contributed by atoms with E-state index in [-0.39, 0.29) is 17.4 Å². The SMILES string of the molecule is Cc1ccc(Cn2nc(C)c(C(=O)NCC(C)(C)[C@H]3CCCCO3)c2Cl)cc1. The highest BCUT2D eigenvalue weighted by Gasteiger charge is 2.32. The molecule has 0 radical (unpaired) electrons. The number of amides is 1. The number of hydrogen-bond acceptors (Lipinski definition) is 3. The molecule has 1 amide bonds. The topological polar surface area (TPSA) is 56.2 Å². The van der Waals surface area contributed by atoms with Gasteiger partial charge in [-0.2, -0.15) is 5.10 Å². The summed E-state index contributed by atoms with van der Waals surface area (Å²) in [6.45, 7) is 10.0. The van der Waals surface area contributed by atoms with E-state index in [4.69, 9.17) is 16.3 Å². The van der Waals surface area contributed by atoms with E-state index in [2.05, 4.69) is 55.5 Å². The highest BCUT2D eigenvalue weighted by Crippen LogP contribution is 2.30. The fourth-order valence-electron chi connectivity index (χ4n) is 3.65. The van der Waals surface area contributed by atoms with Crippen molar-refractivity contribution in [3.05, 3.63) is 51.8 Å². The summed E-state index contributed by atoms with van der Waals surface area (Å²) in [5.74, 6) is -0.179. The molecule has 1 aromatic carbocycles. The molecule has 0 bridgehead atoms. The molecule has 1 fully saturated rings. The van der Waals surface area contributed by atoms with Crippen LogP contribution in [0.25, 0.3) is 0 Å². The molecule has 0 spiro atoms. The van der Waals surface area contributed by atoms with Crippen molar-refractivity contribution in [2.45, 2.75) is 59.6 Å². The van der Waals surface area contributed by atoms with Crippen LogP contribution in [0.1, 0.15) is 60.3 Å². The van der Waals surface area contributed by atoms with E-state index in [9.17, 15) is 4.79 Å². The molecule has 0 aliphatic carbocycles. The fourth-order valence-corrected chi connectivity index (χ4v) is 3.97. The second kappa shape index (κ2) is 8.66. The average Bonchev–Trinajstić information content (AvgIpc) is 2.96. The molecule has 5 nitrogen and oxygen atoms in total. The first-order valence-electron chi connectivity index (χ1n) is 9.96. The molecular weight excluding hydrogens is 374 g/mol. The van der Waals surface area contributed by atoms with Gasteiger partial charge in [-0.15, -0.1) is 0 Å². The van der Waals surface area contributed by atoms with Gasteiger partial charge in [-0.05, 0) is 38.7 Å². The van der Waals surface area contributed by atoms with Crippen molar-refractivity contribution >= 4 is 17.5 Å². The van der Waals surface area contributed by atoms with Gasteiger partial charge in [0.1, 0.15) is 5.15 Å². The molecule has 28 heavy (non-hydrogen) atoms. The highest BCUT2D eigenvalue weighted by molar-refractivity contribution is 6.33. The van der Waals surface area contributed by atoms with Crippen molar-refractivity contribution in [3.63, 3.8) is 0 Å². The average molecular weight is 404 g/mol. The Morgan fingerprint density at radius 2 is 2.00 bits per heavy atom. The third-order valence-electron chi connectivity index (χ3n) is 5.50. The first kappa shape index (κ1) is 20.9. The van der Waals surface area contributed by atoms with Gasteiger partial charge in [0.2, 0.25) is 0 Å². The zero-order valence-corrected chi connectivity index (χ0v) is 18.0. The summed E-state index contributed by atoms with van der Waals surface area (Å²) >= 11 is 6.52. The predicted molar refractivity (Wildman–Crippen MR) is 112 cm³/mol. The van der Waals surface area contributed by atoms with E-state index in [0.717, 1.165) is 25.0 Å². The maximum Gasteiger partial charge on any atom is 0.256 e. The summed E-state index contributed by atoms with van der Waals surface area (Å²) < 4.78 is 7.60. The number of nitrogens with one attached hydrogen (secondary N) is 1. The van der Waals surface area contributed by atoms with Crippen molar-refractivity contribution in [1.29, 1.82) is 0 Å². The van der Waals surface area contributed by atoms with Crippen molar-refractivity contribution in [2.75, 3.05) is 13.2 Å². The van der Waals surface area contributed by atoms with Gasteiger partial charge in [0, 0.05) is 18.6 Å². The van der Waals surface area contributed by atoms with Crippen LogP contribution in [0.15, 0.2) is 24.3 Å². The molecular formula is C22H30ClN3O2. The van der Waals surface area contributed by atoms with Crippen molar-refractivity contribution in [1.82, 2.24) is 15.1 Å². The lowest BCUT2D eigenvalue weighted by Crippen LogP contribution is -2.44. The molecule has 0 unspecified atom stereocenters. The Kier molecular flexibility index (Phi) is 6.46. The van der Waals surface area contributed by atoms with Crippen LogP contribution < -0.4 is 5.32 Å². The van der Waals surface area contributed by atoms with Gasteiger partial charge in [0.25, 0.3) is 5.91 Å². The van der Waals surface area contributed by atoms with Crippen LogP contribution in [-0.4, -0.2) is 34.9 Å². The van der Waals surface area contributed by atoms with E-state index < -0.39 is 0 Å². The lowest BCUT2D eigenvalue weighted by molar-refractivity contribution is -0.0531. The first-order chi connectivity index (χ1) is 13.3. The number of rotatable bonds is 6. The van der Waals surface area contributed by atoms with Gasteiger partial charge in [-0.3, -0.25) is 4.79 Å². The van der Waals surface area contributed by atoms with Gasteiger partial charge < -0.3 is 10.1 Å². The van der Waals surface area contributed by atoms with Gasteiger partial charge in [0.15, 0.2) is 0 Å². The maximum absolute atomic E-state index is 12.8. The molecule has 1 aliphatic heterocycles. The third kappa shape index (κ3) is 4.76. The molecule has 1 aromatic heterocycles. The Bertz CT molecular complexity index is 821. The maximum atomic E-state index is 12.8. The molecule has 152 valence electrons. The molecule has 6 heteroatoms. The lowest BCUT2D eigenvalue weighted by atomic mass is 9.82. The fraction of sp³-hybridized carbons (Fsp3) is 0.545. The van der Waals surface area contributed by atoms with E-state index in [1.165, 1.54) is 12.0 Å². The molecule has 1 saturated heterocycles. The number of nitrogens with zero attached hydrogens (tertiary/aromatic N) is 2. The number of carbonyl (C=O) groups is 1. The Labute approximate surface area is 172 Å².